The van der Waals surface area contributed by atoms with Crippen LogP contribution in [0.1, 0.15) is 0 Å². The Kier molecular flexibility index (Phi) is 7.99. The summed E-state index contributed by atoms with van der Waals surface area (Å²) >= 11 is 0. The average molecular weight is 817 g/mol. The quantitative estimate of drug-likeness (QED) is 0.170. The highest BCUT2D eigenvalue weighted by atomic mass is 16.3. The first-order chi connectivity index (χ1) is 31.6. The molecular weight excluding hydrogens is 781 g/mol. The van der Waals surface area contributed by atoms with Gasteiger partial charge in [0.2, 0.25) is 0 Å². The SMILES string of the molecule is Oc1ccccc1-c1ccccc1-c1ccc2c(c1)c1cccc3c1c1c2c2ccccc2cc1n3-c1ccc(-c2nc(-c3ccccc3)nc(-c3ccc4ccccc4c3)n2)cc1. The smallest absolute Gasteiger partial charge is 0.164 e. The summed E-state index contributed by atoms with van der Waals surface area (Å²) in [6, 6.07) is 74.1. The third kappa shape index (κ3) is 5.61. The molecule has 0 radical (unpaired) electrons. The van der Waals surface area contributed by atoms with Crippen molar-refractivity contribution in [1.82, 2.24) is 19.5 Å². The first kappa shape index (κ1) is 36.0. The lowest BCUT2D eigenvalue weighted by molar-refractivity contribution is 0.477. The Bertz CT molecular complexity index is 3970. The van der Waals surface area contributed by atoms with E-state index in [9.17, 15) is 5.11 Å². The minimum atomic E-state index is 0.269. The van der Waals surface area contributed by atoms with E-state index in [0.29, 0.717) is 17.5 Å². The maximum Gasteiger partial charge on any atom is 0.164 e. The molecule has 0 aliphatic carbocycles. The van der Waals surface area contributed by atoms with Crippen molar-refractivity contribution in [2.24, 2.45) is 0 Å². The fourth-order valence-electron chi connectivity index (χ4n) is 9.93. The topological polar surface area (TPSA) is 63.8 Å². The lowest BCUT2D eigenvalue weighted by Crippen LogP contribution is -2.00. The zero-order valence-electron chi connectivity index (χ0n) is 34.4. The highest BCUT2D eigenvalue weighted by Gasteiger charge is 2.23. The van der Waals surface area contributed by atoms with Crippen molar-refractivity contribution in [3.05, 3.63) is 212 Å². The van der Waals surface area contributed by atoms with Crippen molar-refractivity contribution < 1.29 is 5.11 Å². The fraction of sp³-hybridized carbons (Fsp3) is 0. The van der Waals surface area contributed by atoms with E-state index < -0.39 is 0 Å². The van der Waals surface area contributed by atoms with Gasteiger partial charge < -0.3 is 9.67 Å². The average Bonchev–Trinajstić information content (AvgIpc) is 3.69. The molecule has 0 unspecified atom stereocenters. The molecule has 0 aliphatic rings. The molecule has 0 amide bonds. The number of nitrogens with zero attached hydrogens (tertiary/aromatic N) is 4. The number of aromatic nitrogens is 4. The monoisotopic (exact) mass is 816 g/mol. The van der Waals surface area contributed by atoms with Crippen molar-refractivity contribution in [2.75, 3.05) is 0 Å². The molecule has 0 saturated carbocycles. The molecule has 64 heavy (non-hydrogen) atoms. The molecule has 298 valence electrons. The van der Waals surface area contributed by atoms with Crippen molar-refractivity contribution in [2.45, 2.75) is 0 Å². The van der Waals surface area contributed by atoms with Crippen LogP contribution in [0.3, 0.4) is 0 Å². The first-order valence-electron chi connectivity index (χ1n) is 21.6. The van der Waals surface area contributed by atoms with Crippen LogP contribution in [0.5, 0.6) is 5.75 Å². The Morgan fingerprint density at radius 3 is 1.70 bits per heavy atom. The normalized spacial score (nSPS) is 11.8. The maximum atomic E-state index is 10.9. The van der Waals surface area contributed by atoms with Crippen LogP contribution in [-0.4, -0.2) is 24.6 Å². The van der Waals surface area contributed by atoms with Gasteiger partial charge in [0.15, 0.2) is 17.5 Å². The van der Waals surface area contributed by atoms with Crippen LogP contribution in [0, 0.1) is 0 Å². The lowest BCUT2D eigenvalue weighted by Gasteiger charge is -2.15. The van der Waals surface area contributed by atoms with E-state index in [4.69, 9.17) is 15.0 Å². The Hall–Kier alpha value is -8.67. The predicted molar refractivity (Wildman–Crippen MR) is 264 cm³/mol. The van der Waals surface area contributed by atoms with Crippen molar-refractivity contribution in [3.8, 4) is 67.9 Å². The van der Waals surface area contributed by atoms with Gasteiger partial charge in [0, 0.05) is 44.1 Å². The summed E-state index contributed by atoms with van der Waals surface area (Å²) in [5, 5.41) is 23.0. The van der Waals surface area contributed by atoms with Crippen LogP contribution in [-0.2, 0) is 0 Å². The summed E-state index contributed by atoms with van der Waals surface area (Å²) in [6.07, 6.45) is 0. The second kappa shape index (κ2) is 14.2. The number of rotatable bonds is 6. The maximum absolute atomic E-state index is 10.9. The van der Waals surface area contributed by atoms with Gasteiger partial charge in [-0.1, -0.05) is 158 Å². The molecular formula is C59H36N4O. The largest absolute Gasteiger partial charge is 0.507 e. The number of phenolic OH excluding ortho intramolecular Hbond substituents is 1. The van der Waals surface area contributed by atoms with Crippen LogP contribution in [0.4, 0.5) is 0 Å². The van der Waals surface area contributed by atoms with E-state index in [1.165, 1.54) is 48.5 Å². The Morgan fingerprint density at radius 2 is 0.906 bits per heavy atom. The molecule has 13 rings (SSSR count). The zero-order valence-corrected chi connectivity index (χ0v) is 34.4. The molecule has 0 fully saturated rings. The minimum absolute atomic E-state index is 0.269. The van der Waals surface area contributed by atoms with E-state index >= 15 is 0 Å². The van der Waals surface area contributed by atoms with Gasteiger partial charge in [0.25, 0.3) is 0 Å². The van der Waals surface area contributed by atoms with E-state index in [-0.39, 0.29) is 5.75 Å². The highest BCUT2D eigenvalue weighted by Crippen LogP contribution is 2.48. The van der Waals surface area contributed by atoms with Crippen LogP contribution in [0.2, 0.25) is 0 Å². The van der Waals surface area contributed by atoms with Crippen molar-refractivity contribution in [1.29, 1.82) is 0 Å². The van der Waals surface area contributed by atoms with Crippen LogP contribution in [0.25, 0.3) is 127 Å². The number of benzene rings is 11. The van der Waals surface area contributed by atoms with Gasteiger partial charge in [-0.25, -0.2) is 15.0 Å². The number of aromatic hydroxyl groups is 1. The van der Waals surface area contributed by atoms with Gasteiger partial charge in [-0.05, 0) is 109 Å². The zero-order chi connectivity index (χ0) is 42.3. The Morgan fingerprint density at radius 1 is 0.312 bits per heavy atom. The molecule has 0 atom stereocenters. The van der Waals surface area contributed by atoms with Gasteiger partial charge in [-0.3, -0.25) is 0 Å². The molecule has 0 spiro atoms. The van der Waals surface area contributed by atoms with E-state index in [2.05, 4.69) is 156 Å². The lowest BCUT2D eigenvalue weighted by atomic mass is 9.88. The highest BCUT2D eigenvalue weighted by molar-refractivity contribution is 6.39. The second-order valence-corrected chi connectivity index (χ2v) is 16.5. The first-order valence-corrected chi connectivity index (χ1v) is 21.6. The molecule has 1 N–H and O–H groups in total. The van der Waals surface area contributed by atoms with Gasteiger partial charge >= 0.3 is 0 Å². The number of fused-ring (bicyclic) bond motifs is 6. The fourth-order valence-corrected chi connectivity index (χ4v) is 9.93. The summed E-state index contributed by atoms with van der Waals surface area (Å²) in [4.78, 5) is 15.2. The number of hydrogen-bond acceptors (Lipinski definition) is 4. The predicted octanol–water partition coefficient (Wildman–Crippen LogP) is 15.1. The summed E-state index contributed by atoms with van der Waals surface area (Å²) in [7, 11) is 0. The molecule has 5 nitrogen and oxygen atoms in total. The third-order valence-electron chi connectivity index (χ3n) is 12.9. The number of para-hydroxylation sites is 1. The Labute approximate surface area is 368 Å². The molecule has 0 aliphatic heterocycles. The summed E-state index contributed by atoms with van der Waals surface area (Å²) in [5.41, 5.74) is 10.1. The van der Waals surface area contributed by atoms with Crippen molar-refractivity contribution >= 4 is 64.9 Å². The minimum Gasteiger partial charge on any atom is -0.507 e. The van der Waals surface area contributed by atoms with Crippen LogP contribution < -0.4 is 0 Å². The van der Waals surface area contributed by atoms with E-state index in [1.54, 1.807) is 6.07 Å². The summed E-state index contributed by atoms with van der Waals surface area (Å²) in [6.45, 7) is 0. The standard InChI is InChI=1S/C59H36N4O/c64-53-24-11-10-21-47(53)46-20-9-8-18-44(46)41-29-32-49-50(34-41)48-22-12-23-51-55(48)56-52(35-40-17-6-7-19-45(40)54(49)56)63(51)43-30-27-38(28-31-43)58-60-57(37-14-2-1-3-15-37)61-59(62-58)42-26-25-36-13-4-5-16-39(36)33-42/h1-35,64H. The van der Waals surface area contributed by atoms with E-state index in [1.807, 2.05) is 54.6 Å². The second-order valence-electron chi connectivity index (χ2n) is 16.5. The Balaban J connectivity index is 1.00. The molecule has 2 heterocycles. The van der Waals surface area contributed by atoms with Crippen LogP contribution >= 0.6 is 0 Å². The molecule has 13 aromatic rings. The molecule has 2 aromatic heterocycles. The van der Waals surface area contributed by atoms with Crippen molar-refractivity contribution in [3.63, 3.8) is 0 Å². The van der Waals surface area contributed by atoms with Gasteiger partial charge in [-0.15, -0.1) is 0 Å². The van der Waals surface area contributed by atoms with Gasteiger partial charge in [0.05, 0.1) is 11.0 Å². The molecule has 11 aromatic carbocycles. The number of hydrogen-bond donors (Lipinski definition) is 1. The molecule has 0 saturated heterocycles. The van der Waals surface area contributed by atoms with Crippen LogP contribution in [0.15, 0.2) is 212 Å². The van der Waals surface area contributed by atoms with Gasteiger partial charge in [-0.2, -0.15) is 0 Å². The summed E-state index contributed by atoms with van der Waals surface area (Å²) in [5.74, 6) is 2.16. The van der Waals surface area contributed by atoms with Gasteiger partial charge in [0.1, 0.15) is 5.75 Å². The third-order valence-corrected chi connectivity index (χ3v) is 12.9. The summed E-state index contributed by atoms with van der Waals surface area (Å²) < 4.78 is 2.41. The molecule has 5 heteroatoms. The molecule has 0 bridgehead atoms. The van der Waals surface area contributed by atoms with E-state index in [0.717, 1.165) is 61.1 Å². The number of phenols is 1.